The molecule has 0 N–H and O–H groups in total. The monoisotopic (exact) mass is 256 g/mol. The Balaban J connectivity index is 1.82. The Labute approximate surface area is 92.3 Å². The van der Waals surface area contributed by atoms with Crippen LogP contribution in [-0.4, -0.2) is 24.1 Å². The van der Waals surface area contributed by atoms with Crippen LogP contribution >= 0.6 is 15.9 Å². The lowest BCUT2D eigenvalue weighted by molar-refractivity contribution is 0.0339. The van der Waals surface area contributed by atoms with E-state index in [1.54, 1.807) is 0 Å². The molecule has 0 spiro atoms. The van der Waals surface area contributed by atoms with Gasteiger partial charge < -0.3 is 9.47 Å². The van der Waals surface area contributed by atoms with Crippen molar-refractivity contribution in [3.05, 3.63) is 35.9 Å². The van der Waals surface area contributed by atoms with E-state index in [-0.39, 0.29) is 6.10 Å². The first-order chi connectivity index (χ1) is 6.86. The minimum Gasteiger partial charge on any atom is -0.377 e. The third kappa shape index (κ3) is 2.56. The average Bonchev–Trinajstić information content (AvgIpc) is 2.63. The Morgan fingerprint density at radius 2 is 2.07 bits per heavy atom. The molecule has 0 saturated carbocycles. The maximum Gasteiger partial charge on any atom is 0.0959 e. The molecule has 0 aliphatic carbocycles. The largest absolute Gasteiger partial charge is 0.377 e. The van der Waals surface area contributed by atoms with Crippen LogP contribution in [0.2, 0.25) is 0 Å². The number of hydrogen-bond acceptors (Lipinski definition) is 2. The van der Waals surface area contributed by atoms with E-state index in [0.717, 1.165) is 6.61 Å². The average molecular weight is 257 g/mol. The summed E-state index contributed by atoms with van der Waals surface area (Å²) in [7, 11) is 0. The van der Waals surface area contributed by atoms with Gasteiger partial charge in [0.05, 0.1) is 30.8 Å². The summed E-state index contributed by atoms with van der Waals surface area (Å²) in [5.74, 6) is 0. The van der Waals surface area contributed by atoms with Crippen molar-refractivity contribution in [2.24, 2.45) is 0 Å². The first kappa shape index (κ1) is 10.1. The molecule has 1 heterocycles. The fraction of sp³-hybridized carbons (Fsp3) is 0.455. The number of alkyl halides is 1. The van der Waals surface area contributed by atoms with Crippen LogP contribution in [0.25, 0.3) is 0 Å². The Morgan fingerprint density at radius 1 is 1.29 bits per heavy atom. The number of halogens is 1. The van der Waals surface area contributed by atoms with Crippen LogP contribution in [0, 0.1) is 0 Å². The van der Waals surface area contributed by atoms with E-state index in [2.05, 4.69) is 28.1 Å². The molecule has 1 aromatic rings. The lowest BCUT2D eigenvalue weighted by atomic mass is 10.2. The maximum atomic E-state index is 5.73. The Morgan fingerprint density at radius 3 is 2.71 bits per heavy atom. The summed E-state index contributed by atoms with van der Waals surface area (Å²) in [6.07, 6.45) is 0.190. The van der Waals surface area contributed by atoms with Gasteiger partial charge in [0.15, 0.2) is 0 Å². The first-order valence-electron chi connectivity index (χ1n) is 4.73. The minimum absolute atomic E-state index is 0.190. The number of hydrogen-bond donors (Lipinski definition) is 0. The fourth-order valence-corrected chi connectivity index (χ4v) is 1.93. The summed E-state index contributed by atoms with van der Waals surface area (Å²) >= 11 is 3.53. The molecule has 0 aromatic heterocycles. The van der Waals surface area contributed by atoms with Crippen molar-refractivity contribution in [3.8, 4) is 0 Å². The van der Waals surface area contributed by atoms with Crippen molar-refractivity contribution in [3.63, 3.8) is 0 Å². The summed E-state index contributed by atoms with van der Waals surface area (Å²) in [6, 6.07) is 10.2. The molecule has 0 amide bonds. The van der Waals surface area contributed by atoms with Gasteiger partial charge in [-0.15, -0.1) is 0 Å². The molecule has 2 rings (SSSR count). The highest BCUT2D eigenvalue weighted by atomic mass is 79.9. The van der Waals surface area contributed by atoms with Gasteiger partial charge in [0.2, 0.25) is 0 Å². The lowest BCUT2D eigenvalue weighted by Crippen LogP contribution is -2.21. The zero-order chi connectivity index (χ0) is 9.80. The molecule has 1 saturated heterocycles. The van der Waals surface area contributed by atoms with Gasteiger partial charge in [-0.3, -0.25) is 0 Å². The van der Waals surface area contributed by atoms with E-state index in [0.29, 0.717) is 18.0 Å². The predicted octanol–water partition coefficient (Wildman–Crippen LogP) is 2.37. The van der Waals surface area contributed by atoms with Gasteiger partial charge in [0, 0.05) is 0 Å². The normalized spacial score (nSPS) is 26.6. The van der Waals surface area contributed by atoms with Gasteiger partial charge in [-0.05, 0) is 5.56 Å². The second kappa shape index (κ2) is 4.91. The highest BCUT2D eigenvalue weighted by Crippen LogP contribution is 2.18. The topological polar surface area (TPSA) is 18.5 Å². The molecule has 1 fully saturated rings. The standard InChI is InChI=1S/C11H13BrO2/c12-10-7-13-8-11(10)14-6-9-4-2-1-3-5-9/h1-5,10-11H,6-8H2. The zero-order valence-electron chi connectivity index (χ0n) is 7.86. The third-order valence-electron chi connectivity index (χ3n) is 2.27. The van der Waals surface area contributed by atoms with Crippen molar-refractivity contribution in [2.75, 3.05) is 13.2 Å². The quantitative estimate of drug-likeness (QED) is 0.774. The van der Waals surface area contributed by atoms with E-state index in [9.17, 15) is 0 Å². The molecule has 2 unspecified atom stereocenters. The Kier molecular flexibility index (Phi) is 3.56. The summed E-state index contributed by atoms with van der Waals surface area (Å²) in [6.45, 7) is 2.11. The molecule has 3 heteroatoms. The van der Waals surface area contributed by atoms with Gasteiger partial charge in [-0.2, -0.15) is 0 Å². The summed E-state index contributed by atoms with van der Waals surface area (Å²) < 4.78 is 11.0. The van der Waals surface area contributed by atoms with Crippen molar-refractivity contribution < 1.29 is 9.47 Å². The van der Waals surface area contributed by atoms with E-state index in [1.807, 2.05) is 18.2 Å². The van der Waals surface area contributed by atoms with Crippen molar-refractivity contribution >= 4 is 15.9 Å². The number of benzene rings is 1. The molecule has 2 nitrogen and oxygen atoms in total. The Bertz CT molecular complexity index is 276. The minimum atomic E-state index is 0.190. The smallest absolute Gasteiger partial charge is 0.0959 e. The van der Waals surface area contributed by atoms with Crippen molar-refractivity contribution in [1.82, 2.24) is 0 Å². The second-order valence-electron chi connectivity index (χ2n) is 3.39. The molecule has 1 aliphatic rings. The second-order valence-corrected chi connectivity index (χ2v) is 4.56. The third-order valence-corrected chi connectivity index (χ3v) is 3.12. The number of rotatable bonds is 3. The fourth-order valence-electron chi connectivity index (χ4n) is 1.44. The first-order valence-corrected chi connectivity index (χ1v) is 5.65. The lowest BCUT2D eigenvalue weighted by Gasteiger charge is -2.13. The van der Waals surface area contributed by atoms with E-state index >= 15 is 0 Å². The molecule has 0 radical (unpaired) electrons. The molecule has 0 bridgehead atoms. The highest BCUT2D eigenvalue weighted by Gasteiger charge is 2.26. The van der Waals surface area contributed by atoms with Gasteiger partial charge in [-0.25, -0.2) is 0 Å². The van der Waals surface area contributed by atoms with Crippen LogP contribution in [0.5, 0.6) is 0 Å². The highest BCUT2D eigenvalue weighted by molar-refractivity contribution is 9.09. The van der Waals surface area contributed by atoms with Crippen molar-refractivity contribution in [2.45, 2.75) is 17.5 Å². The molecule has 76 valence electrons. The van der Waals surface area contributed by atoms with Crippen molar-refractivity contribution in [1.29, 1.82) is 0 Å². The van der Waals surface area contributed by atoms with E-state index in [1.165, 1.54) is 5.56 Å². The molecular weight excluding hydrogens is 244 g/mol. The molecule has 2 atom stereocenters. The van der Waals surface area contributed by atoms with Gasteiger partial charge in [-0.1, -0.05) is 46.3 Å². The van der Waals surface area contributed by atoms with Gasteiger partial charge in [0.1, 0.15) is 0 Å². The summed E-state index contributed by atoms with van der Waals surface area (Å²) in [4.78, 5) is 0.339. The SMILES string of the molecule is BrC1COCC1OCc1ccccc1. The van der Waals surface area contributed by atoms with E-state index < -0.39 is 0 Å². The van der Waals surface area contributed by atoms with E-state index in [4.69, 9.17) is 9.47 Å². The summed E-state index contributed by atoms with van der Waals surface area (Å²) in [5.41, 5.74) is 1.21. The number of ether oxygens (including phenoxy) is 2. The predicted molar refractivity (Wildman–Crippen MR) is 58.6 cm³/mol. The Hall–Kier alpha value is -0.380. The van der Waals surface area contributed by atoms with Gasteiger partial charge >= 0.3 is 0 Å². The van der Waals surface area contributed by atoms with Crippen LogP contribution < -0.4 is 0 Å². The maximum absolute atomic E-state index is 5.73. The van der Waals surface area contributed by atoms with Gasteiger partial charge in [0.25, 0.3) is 0 Å². The van der Waals surface area contributed by atoms with Crippen LogP contribution in [0.1, 0.15) is 5.56 Å². The molecule has 1 aliphatic heterocycles. The zero-order valence-corrected chi connectivity index (χ0v) is 9.44. The van der Waals surface area contributed by atoms with Crippen LogP contribution in [-0.2, 0) is 16.1 Å². The molecule has 14 heavy (non-hydrogen) atoms. The van der Waals surface area contributed by atoms with Crippen LogP contribution in [0.4, 0.5) is 0 Å². The molecule has 1 aromatic carbocycles. The summed E-state index contributed by atoms with van der Waals surface area (Å²) in [5, 5.41) is 0. The van der Waals surface area contributed by atoms with Crippen LogP contribution in [0.15, 0.2) is 30.3 Å². The van der Waals surface area contributed by atoms with Crippen LogP contribution in [0.3, 0.4) is 0 Å². The molecular formula is C11H13BrO2.